The van der Waals surface area contributed by atoms with E-state index in [0.717, 1.165) is 18.4 Å². The number of hydrogen-bond donors (Lipinski definition) is 2. The zero-order valence-electron chi connectivity index (χ0n) is 12.7. The Morgan fingerprint density at radius 2 is 2.22 bits per heavy atom. The number of amides is 2. The number of para-hydroxylation sites is 2. The smallest absolute Gasteiger partial charge is 0.322 e. The number of tetrazole rings is 1. The molecule has 0 atom stereocenters. The lowest BCUT2D eigenvalue weighted by Crippen LogP contribution is -2.29. The first kappa shape index (κ1) is 14.9. The Morgan fingerprint density at radius 1 is 1.35 bits per heavy atom. The summed E-state index contributed by atoms with van der Waals surface area (Å²) in [6.45, 7) is 2.91. The van der Waals surface area contributed by atoms with Crippen LogP contribution in [0.5, 0.6) is 0 Å². The van der Waals surface area contributed by atoms with Crippen LogP contribution in [0.4, 0.5) is 10.7 Å². The quantitative estimate of drug-likeness (QED) is 0.719. The summed E-state index contributed by atoms with van der Waals surface area (Å²) < 4.78 is 7.09. The van der Waals surface area contributed by atoms with Crippen molar-refractivity contribution in [2.24, 2.45) is 0 Å². The predicted octanol–water partition coefficient (Wildman–Crippen LogP) is 1.94. The number of nitrogens with one attached hydrogen (secondary N) is 2. The summed E-state index contributed by atoms with van der Waals surface area (Å²) in [5.41, 5.74) is 1.45. The van der Waals surface area contributed by atoms with E-state index in [4.69, 9.17) is 4.42 Å². The molecule has 0 saturated heterocycles. The molecule has 2 aromatic heterocycles. The Kier molecular flexibility index (Phi) is 4.46. The Morgan fingerprint density at radius 3 is 3.04 bits per heavy atom. The minimum absolute atomic E-state index is 0.178. The summed E-state index contributed by atoms with van der Waals surface area (Å²) in [4.78, 5) is 16.2. The fraction of sp³-hybridized carbons (Fsp3) is 0.357. The molecule has 0 aliphatic heterocycles. The van der Waals surface area contributed by atoms with Gasteiger partial charge in [0.25, 0.3) is 5.95 Å². The van der Waals surface area contributed by atoms with Gasteiger partial charge in [0.2, 0.25) is 5.89 Å². The van der Waals surface area contributed by atoms with Crippen LogP contribution in [0.15, 0.2) is 28.7 Å². The Hall–Kier alpha value is -2.97. The largest absolute Gasteiger partial charge is 0.439 e. The highest BCUT2D eigenvalue weighted by Crippen LogP contribution is 2.14. The summed E-state index contributed by atoms with van der Waals surface area (Å²) in [6, 6.07) is 7.01. The zero-order valence-corrected chi connectivity index (χ0v) is 12.7. The average molecular weight is 315 g/mol. The molecule has 2 amide bonds. The molecular weight excluding hydrogens is 298 g/mol. The van der Waals surface area contributed by atoms with Crippen molar-refractivity contribution in [2.45, 2.75) is 32.9 Å². The number of unbranched alkanes of at least 4 members (excludes halogenated alkanes) is 1. The molecule has 3 aromatic rings. The van der Waals surface area contributed by atoms with Gasteiger partial charge in [-0.05, 0) is 29.0 Å². The van der Waals surface area contributed by atoms with Crippen molar-refractivity contribution in [3.8, 4) is 0 Å². The third-order valence-corrected chi connectivity index (χ3v) is 3.22. The summed E-state index contributed by atoms with van der Waals surface area (Å²) >= 11 is 0. The van der Waals surface area contributed by atoms with Gasteiger partial charge in [-0.2, -0.15) is 0 Å². The first-order chi connectivity index (χ1) is 11.3. The van der Waals surface area contributed by atoms with Crippen molar-refractivity contribution in [1.29, 1.82) is 0 Å². The van der Waals surface area contributed by atoms with Crippen molar-refractivity contribution in [3.63, 3.8) is 0 Å². The van der Waals surface area contributed by atoms with Crippen LogP contribution in [-0.2, 0) is 13.1 Å². The predicted molar refractivity (Wildman–Crippen MR) is 82.6 cm³/mol. The molecule has 9 nitrogen and oxygen atoms in total. The molecule has 0 unspecified atom stereocenters. The number of nitrogens with zero attached hydrogens (tertiary/aromatic N) is 5. The molecule has 0 saturated carbocycles. The van der Waals surface area contributed by atoms with E-state index < -0.39 is 6.03 Å². The third kappa shape index (κ3) is 3.62. The van der Waals surface area contributed by atoms with Crippen LogP contribution in [0.1, 0.15) is 25.7 Å². The topological polar surface area (TPSA) is 111 Å². The van der Waals surface area contributed by atoms with Crippen LogP contribution in [0.25, 0.3) is 11.1 Å². The molecule has 0 fully saturated rings. The lowest BCUT2D eigenvalue weighted by atomic mass is 10.3. The van der Waals surface area contributed by atoms with E-state index >= 15 is 0 Å². The van der Waals surface area contributed by atoms with E-state index in [1.165, 1.54) is 0 Å². The number of anilines is 1. The second-order valence-corrected chi connectivity index (χ2v) is 4.96. The van der Waals surface area contributed by atoms with E-state index in [1.807, 2.05) is 24.3 Å². The number of carbonyl (C=O) groups excluding carboxylic acids is 1. The van der Waals surface area contributed by atoms with Gasteiger partial charge in [-0.3, -0.25) is 5.32 Å². The van der Waals surface area contributed by atoms with Gasteiger partial charge in [-0.1, -0.05) is 30.6 Å². The van der Waals surface area contributed by atoms with Gasteiger partial charge in [0.1, 0.15) is 5.52 Å². The standard InChI is InChI=1S/C14H17N7O2/c1-2-3-8-21-13(18-19-20-21)17-14(22)15-9-12-16-10-6-4-5-7-11(10)23-12/h4-7H,2-3,8-9H2,1H3,(H2,15,17,18,20,22). The van der Waals surface area contributed by atoms with E-state index in [0.29, 0.717) is 24.0 Å². The molecule has 9 heteroatoms. The Balaban J connectivity index is 1.56. The van der Waals surface area contributed by atoms with Crippen molar-refractivity contribution in [2.75, 3.05) is 5.32 Å². The molecule has 23 heavy (non-hydrogen) atoms. The molecular formula is C14H17N7O2. The number of urea groups is 1. The van der Waals surface area contributed by atoms with Crippen LogP contribution >= 0.6 is 0 Å². The normalized spacial score (nSPS) is 10.8. The van der Waals surface area contributed by atoms with Crippen LogP contribution in [0.3, 0.4) is 0 Å². The maximum atomic E-state index is 11.9. The van der Waals surface area contributed by atoms with Crippen LogP contribution in [0.2, 0.25) is 0 Å². The van der Waals surface area contributed by atoms with Crippen LogP contribution in [-0.4, -0.2) is 31.2 Å². The van der Waals surface area contributed by atoms with Gasteiger partial charge in [0.05, 0.1) is 6.54 Å². The van der Waals surface area contributed by atoms with Crippen molar-refractivity contribution < 1.29 is 9.21 Å². The van der Waals surface area contributed by atoms with Gasteiger partial charge in [0, 0.05) is 6.54 Å². The fourth-order valence-corrected chi connectivity index (χ4v) is 2.05. The number of aryl methyl sites for hydroxylation is 1. The van der Waals surface area contributed by atoms with E-state index in [2.05, 4.69) is 38.1 Å². The highest BCUT2D eigenvalue weighted by atomic mass is 16.3. The first-order valence-electron chi connectivity index (χ1n) is 7.41. The number of rotatable bonds is 6. The second kappa shape index (κ2) is 6.86. The van der Waals surface area contributed by atoms with Crippen molar-refractivity contribution in [3.05, 3.63) is 30.2 Å². The van der Waals surface area contributed by atoms with Gasteiger partial charge in [0.15, 0.2) is 5.58 Å². The van der Waals surface area contributed by atoms with Gasteiger partial charge in [-0.15, -0.1) is 0 Å². The molecule has 0 bridgehead atoms. The summed E-state index contributed by atoms with van der Waals surface area (Å²) in [7, 11) is 0. The SMILES string of the molecule is CCCCn1nnnc1NC(=O)NCc1nc2ccccc2o1. The number of oxazole rings is 1. The lowest BCUT2D eigenvalue weighted by molar-refractivity contribution is 0.250. The molecule has 2 N–H and O–H groups in total. The molecule has 3 rings (SSSR count). The number of fused-ring (bicyclic) bond motifs is 1. The summed E-state index contributed by atoms with van der Waals surface area (Å²) in [5, 5.41) is 16.5. The molecule has 2 heterocycles. The van der Waals surface area contributed by atoms with Gasteiger partial charge < -0.3 is 9.73 Å². The Bertz CT molecular complexity index is 762. The maximum Gasteiger partial charge on any atom is 0.322 e. The molecule has 0 spiro atoms. The molecule has 120 valence electrons. The maximum absolute atomic E-state index is 11.9. The minimum atomic E-state index is -0.417. The van der Waals surface area contributed by atoms with Gasteiger partial charge >= 0.3 is 6.03 Å². The van der Waals surface area contributed by atoms with Crippen molar-refractivity contribution in [1.82, 2.24) is 30.5 Å². The number of benzene rings is 1. The third-order valence-electron chi connectivity index (χ3n) is 3.22. The Labute approximate surface area is 132 Å². The second-order valence-electron chi connectivity index (χ2n) is 4.96. The zero-order chi connectivity index (χ0) is 16.1. The molecule has 0 aliphatic carbocycles. The van der Waals surface area contributed by atoms with E-state index in [-0.39, 0.29) is 6.54 Å². The fourth-order valence-electron chi connectivity index (χ4n) is 2.05. The van der Waals surface area contributed by atoms with E-state index in [1.54, 1.807) is 4.68 Å². The van der Waals surface area contributed by atoms with Crippen LogP contribution < -0.4 is 10.6 Å². The molecule has 0 radical (unpaired) electrons. The number of aromatic nitrogens is 5. The average Bonchev–Trinajstić information content (AvgIpc) is 3.17. The van der Waals surface area contributed by atoms with Crippen molar-refractivity contribution >= 4 is 23.1 Å². The highest BCUT2D eigenvalue weighted by Gasteiger charge is 2.11. The number of hydrogen-bond acceptors (Lipinski definition) is 6. The minimum Gasteiger partial charge on any atom is -0.439 e. The summed E-state index contributed by atoms with van der Waals surface area (Å²) in [5.74, 6) is 0.750. The molecule has 1 aromatic carbocycles. The van der Waals surface area contributed by atoms with E-state index in [9.17, 15) is 4.79 Å². The first-order valence-corrected chi connectivity index (χ1v) is 7.41. The lowest BCUT2D eigenvalue weighted by Gasteiger charge is -2.06. The monoisotopic (exact) mass is 315 g/mol. The molecule has 0 aliphatic rings. The summed E-state index contributed by atoms with van der Waals surface area (Å²) in [6.07, 6.45) is 1.95. The van der Waals surface area contributed by atoms with Gasteiger partial charge in [-0.25, -0.2) is 14.5 Å². The van der Waals surface area contributed by atoms with Crippen LogP contribution in [0, 0.1) is 0 Å². The number of carbonyl (C=O) groups is 1. The highest BCUT2D eigenvalue weighted by molar-refractivity contribution is 5.87.